The van der Waals surface area contributed by atoms with Crippen molar-refractivity contribution >= 4 is 5.71 Å². The third kappa shape index (κ3) is 6.88. The van der Waals surface area contributed by atoms with E-state index in [0.717, 1.165) is 17.8 Å². The predicted octanol–water partition coefficient (Wildman–Crippen LogP) is 6.19. The van der Waals surface area contributed by atoms with Gasteiger partial charge < -0.3 is 0 Å². The zero-order chi connectivity index (χ0) is 15.9. The normalized spacial score (nSPS) is 14.7. The Morgan fingerprint density at radius 3 is 1.95 bits per heavy atom. The summed E-state index contributed by atoms with van der Waals surface area (Å²) < 4.78 is 0. The lowest BCUT2D eigenvalue weighted by Gasteiger charge is -2.15. The summed E-state index contributed by atoms with van der Waals surface area (Å²) in [5, 5.41) is 0. The Morgan fingerprint density at radius 2 is 1.60 bits per heavy atom. The van der Waals surface area contributed by atoms with Crippen LogP contribution in [-0.4, -0.2) is 5.71 Å². The molecule has 114 valence electrons. The summed E-state index contributed by atoms with van der Waals surface area (Å²) in [7, 11) is 0. The molecule has 0 aromatic carbocycles. The highest BCUT2D eigenvalue weighted by atomic mass is 14.8. The molecule has 1 heteroatoms. The van der Waals surface area contributed by atoms with Crippen LogP contribution in [0.4, 0.5) is 0 Å². The van der Waals surface area contributed by atoms with Crippen molar-refractivity contribution in [2.24, 2.45) is 22.7 Å². The zero-order valence-corrected chi connectivity index (χ0v) is 14.7. The summed E-state index contributed by atoms with van der Waals surface area (Å²) in [5.74, 6) is 1.49. The summed E-state index contributed by atoms with van der Waals surface area (Å²) in [6, 6.07) is 0. The highest BCUT2D eigenvalue weighted by Crippen LogP contribution is 2.19. The van der Waals surface area contributed by atoms with E-state index in [0.29, 0.717) is 17.8 Å². The van der Waals surface area contributed by atoms with E-state index in [1.165, 1.54) is 11.1 Å². The Labute approximate surface area is 126 Å². The van der Waals surface area contributed by atoms with Gasteiger partial charge in [0.05, 0.1) is 0 Å². The summed E-state index contributed by atoms with van der Waals surface area (Å²) in [6.07, 6.45) is 5.61. The van der Waals surface area contributed by atoms with Gasteiger partial charge in [-0.3, -0.25) is 4.99 Å². The number of allylic oxidation sites excluding steroid dienone is 5. The molecule has 0 aliphatic carbocycles. The number of rotatable bonds is 7. The first-order chi connectivity index (χ1) is 9.18. The molecule has 20 heavy (non-hydrogen) atoms. The van der Waals surface area contributed by atoms with Crippen LogP contribution in [0.3, 0.4) is 0 Å². The molecule has 1 nitrogen and oxygen atoms in total. The maximum Gasteiger partial charge on any atom is 0.0461 e. The molecule has 0 amide bonds. The van der Waals surface area contributed by atoms with Crippen molar-refractivity contribution in [1.82, 2.24) is 0 Å². The molecule has 0 aromatic rings. The smallest absolute Gasteiger partial charge is 0.0461 e. The molecule has 0 aliphatic heterocycles. The molecule has 0 fully saturated rings. The van der Waals surface area contributed by atoms with Gasteiger partial charge in [-0.1, -0.05) is 65.8 Å². The fourth-order valence-electron chi connectivity index (χ4n) is 2.04. The van der Waals surface area contributed by atoms with E-state index in [2.05, 4.69) is 74.1 Å². The van der Waals surface area contributed by atoms with Gasteiger partial charge >= 0.3 is 0 Å². The second-order valence-corrected chi connectivity index (χ2v) is 6.59. The van der Waals surface area contributed by atoms with Crippen LogP contribution < -0.4 is 0 Å². The fraction of sp³-hybridized carbons (Fsp3) is 0.632. The molecule has 0 aromatic heterocycles. The van der Waals surface area contributed by atoms with Crippen molar-refractivity contribution in [2.45, 2.75) is 61.8 Å². The van der Waals surface area contributed by atoms with Crippen molar-refractivity contribution in [1.29, 1.82) is 0 Å². The molecule has 0 bridgehead atoms. The van der Waals surface area contributed by atoms with E-state index in [4.69, 9.17) is 4.99 Å². The van der Waals surface area contributed by atoms with E-state index in [-0.39, 0.29) is 0 Å². The standard InChI is InChI=1S/C19H33N/c1-10-18(11-13(2)3)12-16(8)19(15(6)7)20-17(9)14(4)5/h10,12-15H,9,11H2,1-8H3/b16-12+,18-10-,20-19-. The Bertz CT molecular complexity index is 403. The largest absolute Gasteiger partial charge is 0.258 e. The van der Waals surface area contributed by atoms with Crippen LogP contribution in [0.1, 0.15) is 61.8 Å². The first-order valence-corrected chi connectivity index (χ1v) is 7.80. The maximum absolute atomic E-state index is 4.77. The fourth-order valence-corrected chi connectivity index (χ4v) is 2.04. The zero-order valence-electron chi connectivity index (χ0n) is 14.7. The Morgan fingerprint density at radius 1 is 1.05 bits per heavy atom. The van der Waals surface area contributed by atoms with Crippen molar-refractivity contribution in [2.75, 3.05) is 0 Å². The van der Waals surface area contributed by atoms with Crippen LogP contribution in [-0.2, 0) is 0 Å². The quantitative estimate of drug-likeness (QED) is 0.388. The summed E-state index contributed by atoms with van der Waals surface area (Å²) in [4.78, 5) is 4.77. The molecule has 0 N–H and O–H groups in total. The van der Waals surface area contributed by atoms with Gasteiger partial charge in [-0.05, 0) is 43.6 Å². The van der Waals surface area contributed by atoms with E-state index in [9.17, 15) is 0 Å². The van der Waals surface area contributed by atoms with E-state index in [1.54, 1.807) is 0 Å². The van der Waals surface area contributed by atoms with Gasteiger partial charge in [0.25, 0.3) is 0 Å². The predicted molar refractivity (Wildman–Crippen MR) is 93.2 cm³/mol. The molecule has 0 heterocycles. The van der Waals surface area contributed by atoms with Gasteiger partial charge in [0.15, 0.2) is 0 Å². The van der Waals surface area contributed by atoms with Gasteiger partial charge in [-0.2, -0.15) is 0 Å². The highest BCUT2D eigenvalue weighted by Gasteiger charge is 2.10. The minimum absolute atomic E-state index is 0.397. The molecule has 0 saturated carbocycles. The van der Waals surface area contributed by atoms with Crippen molar-refractivity contribution in [3.8, 4) is 0 Å². The van der Waals surface area contributed by atoms with Crippen molar-refractivity contribution < 1.29 is 0 Å². The first kappa shape index (κ1) is 18.9. The third-order valence-electron chi connectivity index (χ3n) is 3.30. The lowest BCUT2D eigenvalue weighted by molar-refractivity contribution is 0.649. The van der Waals surface area contributed by atoms with Gasteiger partial charge in [-0.15, -0.1) is 0 Å². The molecular weight excluding hydrogens is 242 g/mol. The summed E-state index contributed by atoms with van der Waals surface area (Å²) >= 11 is 0. The Balaban J connectivity index is 5.35. The van der Waals surface area contributed by atoms with Crippen LogP contribution in [0.15, 0.2) is 40.6 Å². The van der Waals surface area contributed by atoms with Gasteiger partial charge in [0.2, 0.25) is 0 Å². The van der Waals surface area contributed by atoms with Crippen LogP contribution >= 0.6 is 0 Å². The summed E-state index contributed by atoms with van der Waals surface area (Å²) in [6.45, 7) is 21.5. The molecule has 0 spiro atoms. The first-order valence-electron chi connectivity index (χ1n) is 7.80. The van der Waals surface area contributed by atoms with E-state index in [1.807, 2.05) is 0 Å². The average Bonchev–Trinajstić information content (AvgIpc) is 2.33. The van der Waals surface area contributed by atoms with E-state index >= 15 is 0 Å². The van der Waals surface area contributed by atoms with Crippen molar-refractivity contribution in [3.05, 3.63) is 35.6 Å². The minimum Gasteiger partial charge on any atom is -0.258 e. The van der Waals surface area contributed by atoms with Gasteiger partial charge in [0.1, 0.15) is 0 Å². The van der Waals surface area contributed by atoms with Gasteiger partial charge in [0, 0.05) is 11.4 Å². The third-order valence-corrected chi connectivity index (χ3v) is 3.30. The molecule has 0 saturated heterocycles. The van der Waals surface area contributed by atoms with Crippen molar-refractivity contribution in [3.63, 3.8) is 0 Å². The molecule has 0 unspecified atom stereocenters. The molecule has 0 atom stereocenters. The average molecular weight is 275 g/mol. The lowest BCUT2D eigenvalue weighted by Crippen LogP contribution is -2.11. The summed E-state index contributed by atoms with van der Waals surface area (Å²) in [5.41, 5.74) is 4.77. The highest BCUT2D eigenvalue weighted by molar-refractivity contribution is 6.01. The number of aliphatic imine (C=N–C) groups is 1. The second-order valence-electron chi connectivity index (χ2n) is 6.59. The van der Waals surface area contributed by atoms with E-state index < -0.39 is 0 Å². The molecule has 0 aliphatic rings. The molecule has 0 radical (unpaired) electrons. The topological polar surface area (TPSA) is 12.4 Å². The lowest BCUT2D eigenvalue weighted by atomic mass is 9.95. The number of hydrogen-bond acceptors (Lipinski definition) is 1. The maximum atomic E-state index is 4.77. The number of nitrogens with zero attached hydrogens (tertiary/aromatic N) is 1. The second kappa shape index (κ2) is 8.94. The monoisotopic (exact) mass is 275 g/mol. The van der Waals surface area contributed by atoms with Gasteiger partial charge in [-0.25, -0.2) is 0 Å². The van der Waals surface area contributed by atoms with Crippen LogP contribution in [0, 0.1) is 17.8 Å². The Hall–Kier alpha value is -1.11. The molecule has 0 rings (SSSR count). The van der Waals surface area contributed by atoms with Crippen LogP contribution in [0.25, 0.3) is 0 Å². The molecular formula is C19H33N. The van der Waals surface area contributed by atoms with Crippen LogP contribution in [0.5, 0.6) is 0 Å². The number of hydrogen-bond donors (Lipinski definition) is 0. The minimum atomic E-state index is 0.397. The Kier molecular flexibility index (Phi) is 8.45. The van der Waals surface area contributed by atoms with Crippen LogP contribution in [0.2, 0.25) is 0 Å². The SMILES string of the molecule is C=C(\N=C(/C(C)=C/C(=C\C)CC(C)C)C(C)C)C(C)C.